The molecule has 132 valence electrons. The zero-order chi connectivity index (χ0) is 18.3. The second-order valence-electron chi connectivity index (χ2n) is 5.46. The molecule has 1 aromatic carbocycles. The third-order valence-electron chi connectivity index (χ3n) is 3.56. The summed E-state index contributed by atoms with van der Waals surface area (Å²) in [6, 6.07) is 16.0. The van der Waals surface area contributed by atoms with Gasteiger partial charge in [0.25, 0.3) is 0 Å². The third kappa shape index (κ3) is 4.38. The number of pyridine rings is 3. The van der Waals surface area contributed by atoms with E-state index in [-0.39, 0.29) is 0 Å². The van der Waals surface area contributed by atoms with Crippen LogP contribution in [0.3, 0.4) is 0 Å². The van der Waals surface area contributed by atoms with Crippen LogP contribution in [0.1, 0.15) is 0 Å². The molecule has 6 nitrogen and oxygen atoms in total. The summed E-state index contributed by atoms with van der Waals surface area (Å²) in [4.78, 5) is 12.0. The minimum atomic E-state index is 0.518. The number of rotatable bonds is 6. The second kappa shape index (κ2) is 7.97. The lowest BCUT2D eigenvalue weighted by Crippen LogP contribution is -1.92. The van der Waals surface area contributed by atoms with Gasteiger partial charge < -0.3 is 14.2 Å². The third-order valence-corrected chi connectivity index (χ3v) is 3.56. The molecular formula is C21H15N3O3. The lowest BCUT2D eigenvalue weighted by Gasteiger charge is -2.14. The van der Waals surface area contributed by atoms with Crippen LogP contribution in [0, 0.1) is 0 Å². The van der Waals surface area contributed by atoms with Gasteiger partial charge in [0.2, 0.25) is 0 Å². The van der Waals surface area contributed by atoms with Crippen LogP contribution in [0.2, 0.25) is 0 Å². The fourth-order valence-corrected chi connectivity index (χ4v) is 2.32. The zero-order valence-corrected chi connectivity index (χ0v) is 14.2. The van der Waals surface area contributed by atoms with E-state index < -0.39 is 0 Å². The Morgan fingerprint density at radius 3 is 1.37 bits per heavy atom. The van der Waals surface area contributed by atoms with Crippen molar-refractivity contribution in [3.05, 3.63) is 91.8 Å². The van der Waals surface area contributed by atoms with Crippen molar-refractivity contribution in [2.45, 2.75) is 0 Å². The number of hydrogen-bond donors (Lipinski definition) is 0. The molecule has 0 spiro atoms. The first-order chi connectivity index (χ1) is 13.4. The smallest absolute Gasteiger partial charge is 0.173 e. The van der Waals surface area contributed by atoms with E-state index in [4.69, 9.17) is 14.2 Å². The van der Waals surface area contributed by atoms with Gasteiger partial charge in [-0.05, 0) is 48.5 Å². The maximum absolute atomic E-state index is 5.99. The molecule has 0 saturated carbocycles. The van der Waals surface area contributed by atoms with E-state index in [0.29, 0.717) is 34.5 Å². The average molecular weight is 357 g/mol. The first-order valence-corrected chi connectivity index (χ1v) is 8.24. The van der Waals surface area contributed by atoms with Gasteiger partial charge in [-0.3, -0.25) is 15.0 Å². The van der Waals surface area contributed by atoms with Crippen molar-refractivity contribution in [2.24, 2.45) is 0 Å². The van der Waals surface area contributed by atoms with E-state index >= 15 is 0 Å². The molecule has 0 unspecified atom stereocenters. The highest BCUT2D eigenvalue weighted by Gasteiger charge is 2.11. The predicted octanol–water partition coefficient (Wildman–Crippen LogP) is 5.25. The maximum atomic E-state index is 5.99. The van der Waals surface area contributed by atoms with E-state index in [1.54, 1.807) is 85.7 Å². The summed E-state index contributed by atoms with van der Waals surface area (Å²) in [6.07, 6.45) is 10.0. The van der Waals surface area contributed by atoms with Crippen molar-refractivity contribution in [3.8, 4) is 34.5 Å². The van der Waals surface area contributed by atoms with Gasteiger partial charge in [-0.1, -0.05) is 0 Å². The van der Waals surface area contributed by atoms with Crippen molar-refractivity contribution in [3.63, 3.8) is 0 Å². The Balaban J connectivity index is 1.65. The summed E-state index contributed by atoms with van der Waals surface area (Å²) in [5.41, 5.74) is 0. The van der Waals surface area contributed by atoms with Crippen molar-refractivity contribution in [1.29, 1.82) is 0 Å². The molecule has 4 rings (SSSR count). The molecule has 0 atom stereocenters. The molecule has 0 N–H and O–H groups in total. The van der Waals surface area contributed by atoms with Crippen molar-refractivity contribution in [2.75, 3.05) is 0 Å². The number of benzene rings is 1. The topological polar surface area (TPSA) is 66.4 Å². The molecular weight excluding hydrogens is 342 g/mol. The number of aromatic nitrogens is 3. The molecule has 3 heterocycles. The van der Waals surface area contributed by atoms with Crippen molar-refractivity contribution in [1.82, 2.24) is 15.0 Å². The first-order valence-electron chi connectivity index (χ1n) is 8.24. The molecule has 3 aromatic heterocycles. The van der Waals surface area contributed by atoms with Crippen LogP contribution in [0.5, 0.6) is 34.5 Å². The van der Waals surface area contributed by atoms with E-state index in [0.717, 1.165) is 0 Å². The quantitative estimate of drug-likeness (QED) is 0.470. The Labute approximate surface area is 156 Å². The maximum Gasteiger partial charge on any atom is 0.173 e. The SMILES string of the molecule is c1cc(Oc2ccc(Oc3ccncc3)c(Oc3ccncc3)c2)ccn1. The molecule has 0 aliphatic heterocycles. The fourth-order valence-electron chi connectivity index (χ4n) is 2.32. The van der Waals surface area contributed by atoms with E-state index in [2.05, 4.69) is 15.0 Å². The first kappa shape index (κ1) is 16.5. The Morgan fingerprint density at radius 1 is 0.407 bits per heavy atom. The molecule has 27 heavy (non-hydrogen) atoms. The second-order valence-corrected chi connectivity index (χ2v) is 5.46. The molecule has 0 amide bonds. The summed E-state index contributed by atoms with van der Waals surface area (Å²) in [5.74, 6) is 3.68. The summed E-state index contributed by atoms with van der Waals surface area (Å²) < 4.78 is 17.8. The largest absolute Gasteiger partial charge is 0.457 e. The van der Waals surface area contributed by atoms with E-state index in [1.165, 1.54) is 0 Å². The summed E-state index contributed by atoms with van der Waals surface area (Å²) in [7, 11) is 0. The molecule has 0 aliphatic carbocycles. The van der Waals surface area contributed by atoms with Gasteiger partial charge in [-0.25, -0.2) is 0 Å². The molecule has 0 bridgehead atoms. The van der Waals surface area contributed by atoms with Crippen LogP contribution < -0.4 is 14.2 Å². The highest BCUT2D eigenvalue weighted by Crippen LogP contribution is 2.38. The Hall–Kier alpha value is -3.93. The number of ether oxygens (including phenoxy) is 3. The van der Waals surface area contributed by atoms with Gasteiger partial charge >= 0.3 is 0 Å². The van der Waals surface area contributed by atoms with Gasteiger partial charge in [0.15, 0.2) is 11.5 Å². The number of nitrogens with zero attached hydrogens (tertiary/aromatic N) is 3. The molecule has 0 fully saturated rings. The summed E-state index contributed by atoms with van der Waals surface area (Å²) in [6.45, 7) is 0. The van der Waals surface area contributed by atoms with Crippen LogP contribution in [-0.2, 0) is 0 Å². The van der Waals surface area contributed by atoms with Crippen LogP contribution in [0.25, 0.3) is 0 Å². The lowest BCUT2D eigenvalue weighted by atomic mass is 10.3. The van der Waals surface area contributed by atoms with Gasteiger partial charge in [-0.2, -0.15) is 0 Å². The lowest BCUT2D eigenvalue weighted by molar-refractivity contribution is 0.411. The van der Waals surface area contributed by atoms with Gasteiger partial charge in [-0.15, -0.1) is 0 Å². The van der Waals surface area contributed by atoms with E-state index in [9.17, 15) is 0 Å². The van der Waals surface area contributed by atoms with Crippen molar-refractivity contribution >= 4 is 0 Å². The molecule has 0 radical (unpaired) electrons. The van der Waals surface area contributed by atoms with Crippen LogP contribution in [-0.4, -0.2) is 15.0 Å². The Bertz CT molecular complexity index is 997. The van der Waals surface area contributed by atoms with Gasteiger partial charge in [0, 0.05) is 43.2 Å². The van der Waals surface area contributed by atoms with Gasteiger partial charge in [0.1, 0.15) is 23.0 Å². The molecule has 0 saturated heterocycles. The minimum absolute atomic E-state index is 0.518. The molecule has 4 aromatic rings. The van der Waals surface area contributed by atoms with Gasteiger partial charge in [0.05, 0.1) is 0 Å². The Morgan fingerprint density at radius 2 is 0.852 bits per heavy atom. The standard InChI is InChI=1S/C21H15N3O3/c1-2-20(26-17-5-11-23-12-6-17)21(27-18-7-13-24-14-8-18)15-19(1)25-16-3-9-22-10-4-16/h1-15H. The summed E-state index contributed by atoms with van der Waals surface area (Å²) in [5, 5.41) is 0. The van der Waals surface area contributed by atoms with Crippen LogP contribution >= 0.6 is 0 Å². The summed E-state index contributed by atoms with van der Waals surface area (Å²) >= 11 is 0. The average Bonchev–Trinajstić information content (AvgIpc) is 2.72. The van der Waals surface area contributed by atoms with E-state index in [1.807, 2.05) is 6.07 Å². The minimum Gasteiger partial charge on any atom is -0.457 e. The monoisotopic (exact) mass is 357 g/mol. The predicted molar refractivity (Wildman–Crippen MR) is 99.4 cm³/mol. The van der Waals surface area contributed by atoms with Crippen LogP contribution in [0.4, 0.5) is 0 Å². The molecule has 6 heteroatoms. The normalized spacial score (nSPS) is 10.2. The molecule has 0 aliphatic rings. The highest BCUT2D eigenvalue weighted by molar-refractivity contribution is 5.50. The van der Waals surface area contributed by atoms with Crippen LogP contribution in [0.15, 0.2) is 91.8 Å². The van der Waals surface area contributed by atoms with Crippen molar-refractivity contribution < 1.29 is 14.2 Å². The fraction of sp³-hybridized carbons (Fsp3) is 0. The number of hydrogen-bond acceptors (Lipinski definition) is 6. The Kier molecular flexibility index (Phi) is 4.88. The zero-order valence-electron chi connectivity index (χ0n) is 14.2. The highest BCUT2D eigenvalue weighted by atomic mass is 16.5.